The highest BCUT2D eigenvalue weighted by molar-refractivity contribution is 5.74. The lowest BCUT2D eigenvalue weighted by Gasteiger charge is -2.40. The van der Waals surface area contributed by atoms with Crippen molar-refractivity contribution in [2.45, 2.75) is 70.3 Å². The molecule has 0 atom stereocenters. The van der Waals surface area contributed by atoms with Crippen LogP contribution in [-0.4, -0.2) is 29.7 Å². The average molecular weight is 282 g/mol. The summed E-state index contributed by atoms with van der Waals surface area (Å²) >= 11 is 0. The number of amides is 2. The summed E-state index contributed by atoms with van der Waals surface area (Å²) < 4.78 is 0. The zero-order chi connectivity index (χ0) is 14.4. The molecule has 2 saturated carbocycles. The van der Waals surface area contributed by atoms with E-state index in [1.165, 1.54) is 25.7 Å². The van der Waals surface area contributed by atoms with E-state index < -0.39 is 5.97 Å². The number of rotatable bonds is 5. The molecule has 114 valence electrons. The molecule has 2 aliphatic rings. The first kappa shape index (κ1) is 15.1. The fourth-order valence-corrected chi connectivity index (χ4v) is 3.34. The molecule has 3 N–H and O–H groups in total. The SMILES string of the molecule is O=C(O)CC1(CNC(=O)NC2CCCCCC2)CCC1. The molecule has 0 radical (unpaired) electrons. The van der Waals surface area contributed by atoms with Gasteiger partial charge in [0, 0.05) is 12.6 Å². The maximum Gasteiger partial charge on any atom is 0.315 e. The molecule has 0 aromatic heterocycles. The first-order valence-corrected chi connectivity index (χ1v) is 7.86. The van der Waals surface area contributed by atoms with Crippen molar-refractivity contribution >= 4 is 12.0 Å². The van der Waals surface area contributed by atoms with Crippen LogP contribution in [0.3, 0.4) is 0 Å². The van der Waals surface area contributed by atoms with Gasteiger partial charge in [0.05, 0.1) is 6.42 Å². The van der Waals surface area contributed by atoms with Gasteiger partial charge in [-0.3, -0.25) is 4.79 Å². The fourth-order valence-electron chi connectivity index (χ4n) is 3.34. The van der Waals surface area contributed by atoms with Crippen molar-refractivity contribution in [2.24, 2.45) is 5.41 Å². The van der Waals surface area contributed by atoms with Gasteiger partial charge < -0.3 is 15.7 Å². The summed E-state index contributed by atoms with van der Waals surface area (Å²) in [6, 6.07) is 0.155. The summed E-state index contributed by atoms with van der Waals surface area (Å²) in [4.78, 5) is 22.8. The normalized spacial score (nSPS) is 22.4. The van der Waals surface area contributed by atoms with Crippen molar-refractivity contribution in [1.29, 1.82) is 0 Å². The Hall–Kier alpha value is -1.26. The molecular weight excluding hydrogens is 256 g/mol. The van der Waals surface area contributed by atoms with E-state index in [-0.39, 0.29) is 23.9 Å². The number of aliphatic carboxylic acids is 1. The molecule has 0 bridgehead atoms. The van der Waals surface area contributed by atoms with Crippen LogP contribution in [0, 0.1) is 5.41 Å². The van der Waals surface area contributed by atoms with Gasteiger partial charge in [0.25, 0.3) is 0 Å². The molecule has 2 rings (SSSR count). The van der Waals surface area contributed by atoms with Crippen LogP contribution in [0.25, 0.3) is 0 Å². The molecule has 0 heterocycles. The van der Waals surface area contributed by atoms with E-state index in [1.807, 2.05) is 0 Å². The third kappa shape index (κ3) is 4.39. The molecule has 0 aromatic carbocycles. The number of carbonyl (C=O) groups excluding carboxylic acids is 1. The first-order chi connectivity index (χ1) is 9.60. The molecule has 20 heavy (non-hydrogen) atoms. The summed E-state index contributed by atoms with van der Waals surface area (Å²) in [7, 11) is 0. The van der Waals surface area contributed by atoms with E-state index in [2.05, 4.69) is 10.6 Å². The Morgan fingerprint density at radius 3 is 2.20 bits per heavy atom. The van der Waals surface area contributed by atoms with Crippen LogP contribution in [0.1, 0.15) is 64.2 Å². The highest BCUT2D eigenvalue weighted by atomic mass is 16.4. The quantitative estimate of drug-likeness (QED) is 0.678. The maximum atomic E-state index is 11.9. The van der Waals surface area contributed by atoms with Gasteiger partial charge in [-0.05, 0) is 31.1 Å². The van der Waals surface area contributed by atoms with Crippen LogP contribution in [-0.2, 0) is 4.79 Å². The number of hydrogen-bond donors (Lipinski definition) is 3. The van der Waals surface area contributed by atoms with E-state index >= 15 is 0 Å². The first-order valence-electron chi connectivity index (χ1n) is 7.86. The second-order valence-electron chi connectivity index (χ2n) is 6.44. The Kier molecular flexibility index (Phi) is 5.26. The lowest BCUT2D eigenvalue weighted by atomic mass is 9.66. The van der Waals surface area contributed by atoms with E-state index in [4.69, 9.17) is 5.11 Å². The van der Waals surface area contributed by atoms with E-state index in [0.29, 0.717) is 6.54 Å². The zero-order valence-electron chi connectivity index (χ0n) is 12.1. The molecule has 2 amide bonds. The van der Waals surface area contributed by atoms with Crippen LogP contribution in [0.15, 0.2) is 0 Å². The molecule has 0 spiro atoms. The number of nitrogens with one attached hydrogen (secondary N) is 2. The minimum absolute atomic E-state index is 0.131. The molecular formula is C15H26N2O3. The third-order valence-electron chi connectivity index (χ3n) is 4.75. The van der Waals surface area contributed by atoms with Crippen molar-refractivity contribution in [2.75, 3.05) is 6.54 Å². The Balaban J connectivity index is 1.72. The second-order valence-corrected chi connectivity index (χ2v) is 6.44. The van der Waals surface area contributed by atoms with Crippen molar-refractivity contribution in [3.63, 3.8) is 0 Å². The van der Waals surface area contributed by atoms with Crippen molar-refractivity contribution in [1.82, 2.24) is 10.6 Å². The number of urea groups is 1. The fraction of sp³-hybridized carbons (Fsp3) is 0.867. The van der Waals surface area contributed by atoms with E-state index in [9.17, 15) is 9.59 Å². The average Bonchev–Trinajstić information content (AvgIpc) is 2.60. The Labute approximate surface area is 120 Å². The van der Waals surface area contributed by atoms with Gasteiger partial charge in [-0.15, -0.1) is 0 Å². The van der Waals surface area contributed by atoms with Crippen LogP contribution < -0.4 is 10.6 Å². The van der Waals surface area contributed by atoms with Gasteiger partial charge >= 0.3 is 12.0 Å². The third-order valence-corrected chi connectivity index (χ3v) is 4.75. The van der Waals surface area contributed by atoms with Crippen LogP contribution in [0.5, 0.6) is 0 Å². The molecule has 2 fully saturated rings. The number of hydrogen-bond acceptors (Lipinski definition) is 2. The minimum Gasteiger partial charge on any atom is -0.481 e. The van der Waals surface area contributed by atoms with Crippen molar-refractivity contribution in [3.8, 4) is 0 Å². The van der Waals surface area contributed by atoms with Crippen molar-refractivity contribution in [3.05, 3.63) is 0 Å². The lowest BCUT2D eigenvalue weighted by molar-refractivity contribution is -0.141. The van der Waals surface area contributed by atoms with Gasteiger partial charge in [-0.1, -0.05) is 32.1 Å². The van der Waals surface area contributed by atoms with Crippen LogP contribution in [0.4, 0.5) is 4.79 Å². The predicted octanol–water partition coefficient (Wildman–Crippen LogP) is 2.65. The van der Waals surface area contributed by atoms with Crippen LogP contribution >= 0.6 is 0 Å². The Bertz CT molecular complexity index is 345. The highest BCUT2D eigenvalue weighted by Gasteiger charge is 2.39. The van der Waals surface area contributed by atoms with E-state index in [0.717, 1.165) is 32.1 Å². The van der Waals surface area contributed by atoms with Gasteiger partial charge in [-0.2, -0.15) is 0 Å². The molecule has 0 aromatic rings. The summed E-state index contributed by atoms with van der Waals surface area (Å²) in [5, 5.41) is 14.9. The highest BCUT2D eigenvalue weighted by Crippen LogP contribution is 2.43. The standard InChI is InChI=1S/C15H26N2O3/c18-13(19)10-15(8-5-9-15)11-16-14(20)17-12-6-3-1-2-4-7-12/h12H,1-11H2,(H,18,19)(H2,16,17,20). The molecule has 0 aliphatic heterocycles. The minimum atomic E-state index is -0.768. The molecule has 0 saturated heterocycles. The van der Waals surface area contributed by atoms with Gasteiger partial charge in [0.1, 0.15) is 0 Å². The molecule has 5 heteroatoms. The maximum absolute atomic E-state index is 11.9. The molecule has 2 aliphatic carbocycles. The largest absolute Gasteiger partial charge is 0.481 e. The summed E-state index contributed by atoms with van der Waals surface area (Å²) in [5.41, 5.74) is -0.202. The summed E-state index contributed by atoms with van der Waals surface area (Å²) in [5.74, 6) is -0.768. The van der Waals surface area contributed by atoms with Gasteiger partial charge in [0.2, 0.25) is 0 Å². The van der Waals surface area contributed by atoms with Gasteiger partial charge in [-0.25, -0.2) is 4.79 Å². The second kappa shape index (κ2) is 6.95. The molecule has 5 nitrogen and oxygen atoms in total. The zero-order valence-corrected chi connectivity index (χ0v) is 12.1. The number of carboxylic acid groups (broad SMARTS) is 1. The monoisotopic (exact) mass is 282 g/mol. The summed E-state index contributed by atoms with van der Waals surface area (Å²) in [6.07, 6.45) is 10.1. The number of carbonyl (C=O) groups is 2. The Morgan fingerprint density at radius 1 is 1.05 bits per heavy atom. The van der Waals surface area contributed by atoms with Crippen LogP contribution in [0.2, 0.25) is 0 Å². The topological polar surface area (TPSA) is 78.4 Å². The molecule has 0 unspecified atom stereocenters. The van der Waals surface area contributed by atoms with Gasteiger partial charge in [0.15, 0.2) is 0 Å². The number of carboxylic acids is 1. The smallest absolute Gasteiger partial charge is 0.315 e. The summed E-state index contributed by atoms with van der Waals surface area (Å²) in [6.45, 7) is 0.484. The predicted molar refractivity (Wildman–Crippen MR) is 76.6 cm³/mol. The van der Waals surface area contributed by atoms with E-state index in [1.54, 1.807) is 0 Å². The lowest BCUT2D eigenvalue weighted by Crippen LogP contribution is -2.48. The Morgan fingerprint density at radius 2 is 1.70 bits per heavy atom. The van der Waals surface area contributed by atoms with Crippen molar-refractivity contribution < 1.29 is 14.7 Å².